The molecule has 3 nitrogen and oxygen atoms in total. The fourth-order valence-corrected chi connectivity index (χ4v) is 3.11. The Labute approximate surface area is 119 Å². The molecule has 0 spiro atoms. The zero-order valence-corrected chi connectivity index (χ0v) is 12.1. The van der Waals surface area contributed by atoms with Crippen molar-refractivity contribution >= 4 is 0 Å². The molecule has 0 saturated carbocycles. The molecule has 0 amide bonds. The van der Waals surface area contributed by atoms with E-state index in [1.807, 2.05) is 0 Å². The van der Waals surface area contributed by atoms with Gasteiger partial charge < -0.3 is 14.8 Å². The second-order valence-corrected chi connectivity index (χ2v) is 6.40. The summed E-state index contributed by atoms with van der Waals surface area (Å²) in [5, 5.41) is 3.57. The molecule has 1 fully saturated rings. The van der Waals surface area contributed by atoms with E-state index in [1.165, 1.54) is 6.07 Å². The van der Waals surface area contributed by atoms with Crippen LogP contribution in [-0.2, 0) is 11.2 Å². The molecule has 0 bridgehead atoms. The lowest BCUT2D eigenvalue weighted by atomic mass is 9.94. The van der Waals surface area contributed by atoms with Crippen LogP contribution in [0.5, 0.6) is 5.75 Å². The normalized spacial score (nSPS) is 27.9. The van der Waals surface area contributed by atoms with Crippen molar-refractivity contribution in [2.24, 2.45) is 0 Å². The summed E-state index contributed by atoms with van der Waals surface area (Å²) in [5.74, 6) is 0.637. The maximum absolute atomic E-state index is 13.2. The van der Waals surface area contributed by atoms with Crippen LogP contribution in [0.1, 0.15) is 32.3 Å². The molecule has 1 saturated heterocycles. The molecule has 0 radical (unpaired) electrons. The average Bonchev–Trinajstić information content (AvgIpc) is 2.77. The monoisotopic (exact) mass is 279 g/mol. The van der Waals surface area contributed by atoms with Gasteiger partial charge in [-0.15, -0.1) is 0 Å². The summed E-state index contributed by atoms with van der Waals surface area (Å²) in [6, 6.07) is 5.23. The number of hydrogen-bond donors (Lipinski definition) is 1. The van der Waals surface area contributed by atoms with Gasteiger partial charge in [0.1, 0.15) is 17.7 Å². The highest BCUT2D eigenvalue weighted by Crippen LogP contribution is 2.29. The topological polar surface area (TPSA) is 30.5 Å². The molecule has 2 atom stereocenters. The van der Waals surface area contributed by atoms with E-state index in [0.29, 0.717) is 6.04 Å². The third-order valence-electron chi connectivity index (χ3n) is 4.10. The number of ether oxygens (including phenoxy) is 2. The van der Waals surface area contributed by atoms with Gasteiger partial charge in [-0.25, -0.2) is 4.39 Å². The van der Waals surface area contributed by atoms with Crippen LogP contribution in [0.15, 0.2) is 18.2 Å². The Hall–Kier alpha value is -1.13. The standard InChI is InChI=1S/C16H22FNO2/c1-16(2)9-13(5-6-19-16)18-10-14-8-11-7-12(17)3-4-15(11)20-14/h3-4,7,13-14,18H,5-6,8-10H2,1-2H3. The molecule has 4 heteroatoms. The first kappa shape index (κ1) is 13.8. The van der Waals surface area contributed by atoms with Crippen molar-refractivity contribution in [3.05, 3.63) is 29.6 Å². The molecule has 1 N–H and O–H groups in total. The van der Waals surface area contributed by atoms with Gasteiger partial charge in [-0.2, -0.15) is 0 Å². The van der Waals surface area contributed by atoms with E-state index in [1.54, 1.807) is 12.1 Å². The average molecular weight is 279 g/mol. The summed E-state index contributed by atoms with van der Waals surface area (Å²) < 4.78 is 24.7. The van der Waals surface area contributed by atoms with Crippen molar-refractivity contribution in [3.63, 3.8) is 0 Å². The van der Waals surface area contributed by atoms with Crippen molar-refractivity contribution < 1.29 is 13.9 Å². The summed E-state index contributed by atoms with van der Waals surface area (Å²) in [6.45, 7) is 5.87. The summed E-state index contributed by atoms with van der Waals surface area (Å²) in [6.07, 6.45) is 2.95. The van der Waals surface area contributed by atoms with Gasteiger partial charge in [0.15, 0.2) is 0 Å². The van der Waals surface area contributed by atoms with Gasteiger partial charge in [-0.1, -0.05) is 0 Å². The van der Waals surface area contributed by atoms with E-state index in [-0.39, 0.29) is 17.5 Å². The highest BCUT2D eigenvalue weighted by molar-refractivity contribution is 5.37. The maximum Gasteiger partial charge on any atom is 0.123 e. The lowest BCUT2D eigenvalue weighted by molar-refractivity contribution is -0.0635. The quantitative estimate of drug-likeness (QED) is 0.922. The Morgan fingerprint density at radius 1 is 1.40 bits per heavy atom. The predicted molar refractivity (Wildman–Crippen MR) is 75.6 cm³/mol. The highest BCUT2D eigenvalue weighted by Gasteiger charge is 2.30. The van der Waals surface area contributed by atoms with Crippen LogP contribution in [0.25, 0.3) is 0 Å². The molecule has 3 rings (SSSR count). The number of halogens is 1. The summed E-state index contributed by atoms with van der Waals surface area (Å²) in [4.78, 5) is 0. The van der Waals surface area contributed by atoms with Gasteiger partial charge >= 0.3 is 0 Å². The fraction of sp³-hybridized carbons (Fsp3) is 0.625. The molecule has 2 aliphatic heterocycles. The van der Waals surface area contributed by atoms with Crippen molar-refractivity contribution in [2.75, 3.05) is 13.2 Å². The number of nitrogens with one attached hydrogen (secondary N) is 1. The minimum Gasteiger partial charge on any atom is -0.488 e. The Kier molecular flexibility index (Phi) is 3.69. The zero-order valence-electron chi connectivity index (χ0n) is 12.1. The van der Waals surface area contributed by atoms with Crippen molar-refractivity contribution in [2.45, 2.75) is 50.9 Å². The lowest BCUT2D eigenvalue weighted by Crippen LogP contribution is -2.46. The minimum absolute atomic E-state index is 0.0431. The van der Waals surface area contributed by atoms with Crippen LogP contribution < -0.4 is 10.1 Å². The number of rotatable bonds is 3. The molecule has 2 heterocycles. The SMILES string of the molecule is CC1(C)CC(NCC2Cc3cc(F)ccc3O2)CCO1. The van der Waals surface area contributed by atoms with Gasteiger partial charge in [0.2, 0.25) is 0 Å². The molecular formula is C16H22FNO2. The molecule has 0 aromatic heterocycles. The molecule has 20 heavy (non-hydrogen) atoms. The second-order valence-electron chi connectivity index (χ2n) is 6.40. The Balaban J connectivity index is 1.51. The highest BCUT2D eigenvalue weighted by atomic mass is 19.1. The van der Waals surface area contributed by atoms with Crippen LogP contribution in [0.2, 0.25) is 0 Å². The van der Waals surface area contributed by atoms with E-state index in [4.69, 9.17) is 9.47 Å². The van der Waals surface area contributed by atoms with E-state index in [0.717, 1.165) is 43.7 Å². The van der Waals surface area contributed by atoms with Crippen molar-refractivity contribution in [3.8, 4) is 5.75 Å². The van der Waals surface area contributed by atoms with Crippen LogP contribution in [-0.4, -0.2) is 30.9 Å². The summed E-state index contributed by atoms with van der Waals surface area (Å²) in [5.41, 5.74) is 0.933. The van der Waals surface area contributed by atoms with Gasteiger partial charge in [-0.05, 0) is 44.9 Å². The summed E-state index contributed by atoms with van der Waals surface area (Å²) >= 11 is 0. The first-order valence-corrected chi connectivity index (χ1v) is 7.34. The molecule has 0 aliphatic carbocycles. The smallest absolute Gasteiger partial charge is 0.123 e. The molecule has 2 unspecified atom stereocenters. The van der Waals surface area contributed by atoms with Crippen LogP contribution in [0.4, 0.5) is 4.39 Å². The predicted octanol–water partition coefficient (Wildman–Crippen LogP) is 2.68. The first-order valence-electron chi connectivity index (χ1n) is 7.34. The van der Waals surface area contributed by atoms with E-state index in [9.17, 15) is 4.39 Å². The Morgan fingerprint density at radius 2 is 2.25 bits per heavy atom. The van der Waals surface area contributed by atoms with E-state index < -0.39 is 0 Å². The Bertz CT molecular complexity index is 489. The maximum atomic E-state index is 13.2. The molecule has 1 aromatic rings. The van der Waals surface area contributed by atoms with E-state index >= 15 is 0 Å². The van der Waals surface area contributed by atoms with E-state index in [2.05, 4.69) is 19.2 Å². The molecule has 2 aliphatic rings. The minimum atomic E-state index is -0.188. The third-order valence-corrected chi connectivity index (χ3v) is 4.10. The lowest BCUT2D eigenvalue weighted by Gasteiger charge is -2.36. The third kappa shape index (κ3) is 3.13. The van der Waals surface area contributed by atoms with Crippen LogP contribution >= 0.6 is 0 Å². The molecular weight excluding hydrogens is 257 g/mol. The number of hydrogen-bond acceptors (Lipinski definition) is 3. The first-order chi connectivity index (χ1) is 9.52. The largest absolute Gasteiger partial charge is 0.488 e. The van der Waals surface area contributed by atoms with Gasteiger partial charge in [0.25, 0.3) is 0 Å². The zero-order chi connectivity index (χ0) is 14.2. The van der Waals surface area contributed by atoms with Crippen LogP contribution in [0, 0.1) is 5.82 Å². The van der Waals surface area contributed by atoms with Crippen molar-refractivity contribution in [1.82, 2.24) is 5.32 Å². The van der Waals surface area contributed by atoms with Gasteiger partial charge in [-0.3, -0.25) is 0 Å². The molecule has 1 aromatic carbocycles. The summed E-state index contributed by atoms with van der Waals surface area (Å²) in [7, 11) is 0. The molecule has 110 valence electrons. The number of benzene rings is 1. The second kappa shape index (κ2) is 5.34. The van der Waals surface area contributed by atoms with Crippen LogP contribution in [0.3, 0.4) is 0 Å². The number of fused-ring (bicyclic) bond motifs is 1. The van der Waals surface area contributed by atoms with Gasteiger partial charge in [0, 0.05) is 31.2 Å². The van der Waals surface area contributed by atoms with Gasteiger partial charge in [0.05, 0.1) is 5.60 Å². The Morgan fingerprint density at radius 3 is 3.05 bits per heavy atom. The van der Waals surface area contributed by atoms with Crippen molar-refractivity contribution in [1.29, 1.82) is 0 Å². The fourth-order valence-electron chi connectivity index (χ4n) is 3.11.